The Hall–Kier alpha value is -4.96. The van der Waals surface area contributed by atoms with Crippen LogP contribution in [0.3, 0.4) is 0 Å². The van der Waals surface area contributed by atoms with Gasteiger partial charge in [-0.2, -0.15) is 0 Å². The second-order valence-electron chi connectivity index (χ2n) is 10.8. The molecule has 0 unspecified atom stereocenters. The summed E-state index contributed by atoms with van der Waals surface area (Å²) in [5.74, 6) is 1.60. The van der Waals surface area contributed by atoms with Crippen molar-refractivity contribution in [3.8, 4) is 34.2 Å². The van der Waals surface area contributed by atoms with Gasteiger partial charge >= 0.3 is 0 Å². The van der Waals surface area contributed by atoms with Crippen LogP contribution in [0.15, 0.2) is 121 Å². The fourth-order valence-electron chi connectivity index (χ4n) is 6.40. The van der Waals surface area contributed by atoms with E-state index in [-0.39, 0.29) is 5.41 Å². The average Bonchev–Trinajstić information content (AvgIpc) is 3.63. The van der Waals surface area contributed by atoms with Crippen molar-refractivity contribution in [3.63, 3.8) is 0 Å². The first kappa shape index (κ1) is 22.1. The number of fused-ring (bicyclic) bond motifs is 6. The maximum absolute atomic E-state index is 4.86. The van der Waals surface area contributed by atoms with Gasteiger partial charge in [0.2, 0.25) is 5.95 Å². The number of hydrogen-bond donors (Lipinski definition) is 0. The fraction of sp³-hybridized carbons (Fsp3) is 0.0857. The van der Waals surface area contributed by atoms with Gasteiger partial charge in [-0.15, -0.1) is 10.2 Å². The topological polar surface area (TPSA) is 35.6 Å². The van der Waals surface area contributed by atoms with Crippen molar-refractivity contribution in [1.29, 1.82) is 0 Å². The minimum Gasteiger partial charge on any atom is -0.278 e. The molecule has 186 valence electrons. The molecule has 0 amide bonds. The van der Waals surface area contributed by atoms with Gasteiger partial charge in [0.1, 0.15) is 0 Å². The van der Waals surface area contributed by atoms with E-state index in [1.807, 2.05) is 6.07 Å². The van der Waals surface area contributed by atoms with Crippen molar-refractivity contribution < 1.29 is 0 Å². The lowest BCUT2D eigenvalue weighted by atomic mass is 9.82. The zero-order valence-corrected chi connectivity index (χ0v) is 21.8. The Morgan fingerprint density at radius 3 is 1.90 bits per heavy atom. The maximum atomic E-state index is 4.86. The van der Waals surface area contributed by atoms with E-state index in [0.717, 1.165) is 34.1 Å². The van der Waals surface area contributed by atoms with Gasteiger partial charge in [0, 0.05) is 21.8 Å². The van der Waals surface area contributed by atoms with Gasteiger partial charge in [-0.1, -0.05) is 111 Å². The van der Waals surface area contributed by atoms with Crippen LogP contribution in [0.25, 0.3) is 56.0 Å². The fourth-order valence-corrected chi connectivity index (χ4v) is 6.40. The lowest BCUT2D eigenvalue weighted by Gasteiger charge is -2.22. The van der Waals surface area contributed by atoms with Gasteiger partial charge < -0.3 is 0 Å². The molecule has 0 saturated carbocycles. The van der Waals surface area contributed by atoms with Crippen molar-refractivity contribution in [2.75, 3.05) is 0 Å². The Bertz CT molecular complexity index is 1990. The molecule has 0 saturated heterocycles. The molecule has 0 spiro atoms. The molecular weight excluding hydrogens is 476 g/mol. The van der Waals surface area contributed by atoms with E-state index in [0.29, 0.717) is 0 Å². The van der Waals surface area contributed by atoms with Crippen LogP contribution in [0.4, 0.5) is 0 Å². The molecule has 4 heteroatoms. The molecule has 4 nitrogen and oxygen atoms in total. The van der Waals surface area contributed by atoms with Crippen LogP contribution in [-0.4, -0.2) is 19.3 Å². The molecular formula is C35H26N4. The highest BCUT2D eigenvalue weighted by Crippen LogP contribution is 2.49. The predicted molar refractivity (Wildman–Crippen MR) is 159 cm³/mol. The third-order valence-corrected chi connectivity index (χ3v) is 8.28. The van der Waals surface area contributed by atoms with Gasteiger partial charge in [-0.3, -0.25) is 9.13 Å². The Morgan fingerprint density at radius 2 is 1.15 bits per heavy atom. The summed E-state index contributed by atoms with van der Waals surface area (Å²) in [5, 5.41) is 12.1. The van der Waals surface area contributed by atoms with Gasteiger partial charge in [0.25, 0.3) is 0 Å². The van der Waals surface area contributed by atoms with Crippen molar-refractivity contribution in [3.05, 3.63) is 132 Å². The van der Waals surface area contributed by atoms with Crippen LogP contribution in [0.2, 0.25) is 0 Å². The quantitative estimate of drug-likeness (QED) is 0.243. The van der Waals surface area contributed by atoms with Crippen LogP contribution in [-0.2, 0) is 5.41 Å². The molecule has 8 rings (SSSR count). The summed E-state index contributed by atoms with van der Waals surface area (Å²) in [7, 11) is 0. The number of hydrogen-bond acceptors (Lipinski definition) is 2. The second-order valence-corrected chi connectivity index (χ2v) is 10.8. The van der Waals surface area contributed by atoms with Crippen molar-refractivity contribution in [2.45, 2.75) is 19.3 Å². The smallest absolute Gasteiger partial charge is 0.241 e. The summed E-state index contributed by atoms with van der Waals surface area (Å²) in [5.41, 5.74) is 9.51. The highest BCUT2D eigenvalue weighted by molar-refractivity contribution is 6.09. The lowest BCUT2D eigenvalue weighted by molar-refractivity contribution is 0.659. The van der Waals surface area contributed by atoms with Crippen molar-refractivity contribution >= 4 is 21.8 Å². The molecule has 2 heterocycles. The molecule has 0 radical (unpaired) electrons. The van der Waals surface area contributed by atoms with Crippen LogP contribution in [0.5, 0.6) is 0 Å². The zero-order valence-electron chi connectivity index (χ0n) is 21.8. The van der Waals surface area contributed by atoms with E-state index >= 15 is 0 Å². The van der Waals surface area contributed by atoms with E-state index in [2.05, 4.69) is 138 Å². The molecule has 0 N–H and O–H groups in total. The Kier molecular flexibility index (Phi) is 4.54. The molecule has 0 bridgehead atoms. The summed E-state index contributed by atoms with van der Waals surface area (Å²) in [6.45, 7) is 4.64. The Labute approximate surface area is 226 Å². The summed E-state index contributed by atoms with van der Waals surface area (Å²) < 4.78 is 4.46. The molecule has 7 aromatic rings. The van der Waals surface area contributed by atoms with Crippen LogP contribution < -0.4 is 0 Å². The van der Waals surface area contributed by atoms with E-state index in [9.17, 15) is 0 Å². The highest BCUT2D eigenvalue weighted by Gasteiger charge is 2.35. The standard InChI is InChI=1S/C35H26N4/c1-35(2)29-17-9-6-14-25(29)26-21-20-24(22-30(26)35)38-33(23-12-4-3-5-13-23)36-37-34(38)39-31-18-10-7-15-27(31)28-16-8-11-19-32(28)39/h3-22H,1-2H3. The second kappa shape index (κ2) is 8.02. The van der Waals surface area contributed by atoms with E-state index in [1.165, 1.54) is 33.0 Å². The maximum Gasteiger partial charge on any atom is 0.241 e. The van der Waals surface area contributed by atoms with E-state index < -0.39 is 0 Å². The minimum absolute atomic E-state index is 0.101. The summed E-state index contributed by atoms with van der Waals surface area (Å²) >= 11 is 0. The van der Waals surface area contributed by atoms with Gasteiger partial charge in [0.15, 0.2) is 5.82 Å². The largest absolute Gasteiger partial charge is 0.278 e. The number of aromatic nitrogens is 4. The van der Waals surface area contributed by atoms with Gasteiger partial charge in [-0.25, -0.2) is 0 Å². The minimum atomic E-state index is -0.101. The normalized spacial score (nSPS) is 13.6. The predicted octanol–water partition coefficient (Wildman–Crippen LogP) is 8.34. The SMILES string of the molecule is CC1(C)c2ccccc2-c2ccc(-n3c(-c4ccccc4)nnc3-n3c4ccccc4c4ccccc43)cc21. The molecule has 2 aromatic heterocycles. The monoisotopic (exact) mass is 502 g/mol. The Morgan fingerprint density at radius 1 is 0.538 bits per heavy atom. The van der Waals surface area contributed by atoms with Gasteiger partial charge in [0.05, 0.1) is 16.7 Å². The first-order valence-corrected chi connectivity index (χ1v) is 13.4. The van der Waals surface area contributed by atoms with Crippen LogP contribution >= 0.6 is 0 Å². The third-order valence-electron chi connectivity index (χ3n) is 8.28. The first-order valence-electron chi connectivity index (χ1n) is 13.4. The lowest BCUT2D eigenvalue weighted by Crippen LogP contribution is -2.15. The van der Waals surface area contributed by atoms with Crippen molar-refractivity contribution in [1.82, 2.24) is 19.3 Å². The number of para-hydroxylation sites is 2. The first-order chi connectivity index (χ1) is 19.1. The summed E-state index contributed by atoms with van der Waals surface area (Å²) in [6, 6.07) is 43.0. The van der Waals surface area contributed by atoms with Crippen LogP contribution in [0, 0.1) is 0 Å². The van der Waals surface area contributed by atoms with Gasteiger partial charge in [-0.05, 0) is 46.5 Å². The molecule has 1 aliphatic carbocycles. The zero-order chi connectivity index (χ0) is 26.1. The number of nitrogens with zero attached hydrogens (tertiary/aromatic N) is 4. The number of benzene rings is 5. The highest BCUT2D eigenvalue weighted by atomic mass is 15.4. The molecule has 0 aliphatic heterocycles. The summed E-state index contributed by atoms with van der Waals surface area (Å²) in [4.78, 5) is 0. The van der Waals surface area contributed by atoms with E-state index in [4.69, 9.17) is 10.2 Å². The molecule has 39 heavy (non-hydrogen) atoms. The molecule has 1 aliphatic rings. The van der Waals surface area contributed by atoms with Crippen molar-refractivity contribution in [2.24, 2.45) is 0 Å². The third kappa shape index (κ3) is 3.06. The molecule has 5 aromatic carbocycles. The molecule has 0 fully saturated rings. The summed E-state index contributed by atoms with van der Waals surface area (Å²) in [6.07, 6.45) is 0. The molecule has 0 atom stereocenters. The number of rotatable bonds is 3. The average molecular weight is 503 g/mol. The van der Waals surface area contributed by atoms with E-state index in [1.54, 1.807) is 0 Å². The van der Waals surface area contributed by atoms with Crippen LogP contribution in [0.1, 0.15) is 25.0 Å². The Balaban J connectivity index is 1.44.